The van der Waals surface area contributed by atoms with E-state index in [9.17, 15) is 4.79 Å². The van der Waals surface area contributed by atoms with Crippen molar-refractivity contribution in [2.24, 2.45) is 5.73 Å². The molecule has 0 bridgehead atoms. The molecule has 0 spiro atoms. The summed E-state index contributed by atoms with van der Waals surface area (Å²) in [5.41, 5.74) is 5.70. The summed E-state index contributed by atoms with van der Waals surface area (Å²) in [5.74, 6) is 1.21. The topological polar surface area (TPSA) is 58.4 Å². The highest BCUT2D eigenvalue weighted by Gasteiger charge is 2.31. The second-order valence-electron chi connectivity index (χ2n) is 6.97. The Hall–Kier alpha value is -0.260. The van der Waals surface area contributed by atoms with Crippen LogP contribution in [0.5, 0.6) is 0 Å². The number of nitrogens with two attached hydrogens (primary N) is 1. The van der Waals surface area contributed by atoms with Gasteiger partial charge in [-0.3, -0.25) is 9.69 Å². The molecule has 1 amide bonds. The maximum atomic E-state index is 12.0. The summed E-state index contributed by atoms with van der Waals surface area (Å²) >= 11 is 2.00. The number of nitrogens with zero attached hydrogens (tertiary/aromatic N) is 1. The molecule has 1 atom stereocenters. The maximum absolute atomic E-state index is 12.0. The molecule has 4 nitrogen and oxygen atoms in total. The quantitative estimate of drug-likeness (QED) is 0.821. The molecule has 1 heterocycles. The Bertz CT molecular complexity index is 312. The first kappa shape index (κ1) is 16.8. The molecule has 1 aliphatic rings. The van der Waals surface area contributed by atoms with Crippen molar-refractivity contribution in [1.29, 1.82) is 0 Å². The van der Waals surface area contributed by atoms with Gasteiger partial charge in [0, 0.05) is 48.1 Å². The van der Waals surface area contributed by atoms with Gasteiger partial charge in [-0.05, 0) is 34.6 Å². The first-order valence-electron chi connectivity index (χ1n) is 7.02. The van der Waals surface area contributed by atoms with E-state index < -0.39 is 0 Å². The highest BCUT2D eigenvalue weighted by atomic mass is 32.2. The molecule has 0 aromatic heterocycles. The Morgan fingerprint density at radius 3 is 2.58 bits per heavy atom. The molecule has 3 N–H and O–H groups in total. The zero-order chi connectivity index (χ0) is 14.7. The molecular formula is C14H29N3OS. The van der Waals surface area contributed by atoms with Crippen molar-refractivity contribution in [2.75, 3.05) is 25.4 Å². The van der Waals surface area contributed by atoms with Crippen LogP contribution in [0.1, 0.15) is 41.0 Å². The smallest absolute Gasteiger partial charge is 0.222 e. The lowest BCUT2D eigenvalue weighted by molar-refractivity contribution is -0.123. The molecule has 19 heavy (non-hydrogen) atoms. The van der Waals surface area contributed by atoms with Crippen LogP contribution in [-0.2, 0) is 4.79 Å². The van der Waals surface area contributed by atoms with Gasteiger partial charge in [0.1, 0.15) is 0 Å². The molecule has 0 saturated carbocycles. The zero-order valence-corrected chi connectivity index (χ0v) is 13.8. The fourth-order valence-corrected chi connectivity index (χ4v) is 3.54. The first-order chi connectivity index (χ1) is 8.63. The lowest BCUT2D eigenvalue weighted by Crippen LogP contribution is -2.53. The van der Waals surface area contributed by atoms with Crippen LogP contribution in [0.25, 0.3) is 0 Å². The zero-order valence-electron chi connectivity index (χ0n) is 13.0. The van der Waals surface area contributed by atoms with Gasteiger partial charge in [0.05, 0.1) is 0 Å². The van der Waals surface area contributed by atoms with Gasteiger partial charge < -0.3 is 11.1 Å². The van der Waals surface area contributed by atoms with Crippen LogP contribution in [-0.4, -0.2) is 52.5 Å². The third kappa shape index (κ3) is 6.15. The Morgan fingerprint density at radius 1 is 1.47 bits per heavy atom. The second kappa shape index (κ2) is 6.46. The summed E-state index contributed by atoms with van der Waals surface area (Å²) in [6.45, 7) is 13.1. The van der Waals surface area contributed by atoms with E-state index in [0.717, 1.165) is 18.8 Å². The molecular weight excluding hydrogens is 258 g/mol. The van der Waals surface area contributed by atoms with Gasteiger partial charge in [0.25, 0.3) is 0 Å². The molecule has 1 fully saturated rings. The maximum Gasteiger partial charge on any atom is 0.222 e. The van der Waals surface area contributed by atoms with E-state index in [1.165, 1.54) is 0 Å². The summed E-state index contributed by atoms with van der Waals surface area (Å²) in [5, 5.41) is 3.02. The van der Waals surface area contributed by atoms with Gasteiger partial charge in [-0.25, -0.2) is 0 Å². The average Bonchev–Trinajstić information content (AvgIpc) is 2.21. The van der Waals surface area contributed by atoms with Crippen molar-refractivity contribution in [3.63, 3.8) is 0 Å². The lowest BCUT2D eigenvalue weighted by atomic mass is 10.1. The number of thioether (sulfide) groups is 1. The highest BCUT2D eigenvalue weighted by Crippen LogP contribution is 2.30. The van der Waals surface area contributed by atoms with Gasteiger partial charge in [0.2, 0.25) is 5.91 Å². The van der Waals surface area contributed by atoms with Crippen LogP contribution < -0.4 is 11.1 Å². The van der Waals surface area contributed by atoms with Crippen molar-refractivity contribution in [1.82, 2.24) is 10.2 Å². The van der Waals surface area contributed by atoms with E-state index in [1.807, 2.05) is 32.5 Å². The number of hydrogen-bond acceptors (Lipinski definition) is 4. The van der Waals surface area contributed by atoms with Gasteiger partial charge in [0.15, 0.2) is 0 Å². The number of rotatable bonds is 4. The minimum absolute atomic E-state index is 0.0963. The van der Waals surface area contributed by atoms with E-state index >= 15 is 0 Å². The minimum Gasteiger partial charge on any atom is -0.351 e. The molecule has 0 aliphatic carbocycles. The highest BCUT2D eigenvalue weighted by molar-refractivity contribution is 8.00. The van der Waals surface area contributed by atoms with E-state index in [4.69, 9.17) is 5.73 Å². The van der Waals surface area contributed by atoms with Crippen molar-refractivity contribution < 1.29 is 4.79 Å². The van der Waals surface area contributed by atoms with Crippen molar-refractivity contribution in [3.8, 4) is 0 Å². The third-order valence-corrected chi connectivity index (χ3v) is 4.48. The molecule has 1 unspecified atom stereocenters. The van der Waals surface area contributed by atoms with E-state index in [-0.39, 0.29) is 22.2 Å². The first-order valence-corrected chi connectivity index (χ1v) is 8.01. The molecule has 1 aliphatic heterocycles. The van der Waals surface area contributed by atoms with Crippen LogP contribution in [0, 0.1) is 0 Å². The molecule has 0 aromatic carbocycles. The average molecular weight is 287 g/mol. The Labute approximate surface area is 121 Å². The van der Waals surface area contributed by atoms with Crippen LogP contribution >= 0.6 is 11.8 Å². The van der Waals surface area contributed by atoms with E-state index in [2.05, 4.69) is 24.1 Å². The lowest BCUT2D eigenvalue weighted by Gasteiger charge is -2.41. The molecule has 112 valence electrons. The van der Waals surface area contributed by atoms with Crippen LogP contribution in [0.4, 0.5) is 0 Å². The Balaban J connectivity index is 2.56. The van der Waals surface area contributed by atoms with Crippen LogP contribution in [0.3, 0.4) is 0 Å². The summed E-state index contributed by atoms with van der Waals surface area (Å²) < 4.78 is 0.256. The largest absolute Gasteiger partial charge is 0.351 e. The second-order valence-corrected chi connectivity index (χ2v) is 8.77. The molecule has 1 saturated heterocycles. The fraction of sp³-hybridized carbons (Fsp3) is 0.929. The predicted molar refractivity (Wildman–Crippen MR) is 83.5 cm³/mol. The fourth-order valence-electron chi connectivity index (χ4n) is 2.41. The summed E-state index contributed by atoms with van der Waals surface area (Å²) in [4.78, 5) is 14.4. The predicted octanol–water partition coefficient (Wildman–Crippen LogP) is 1.45. The Kier molecular flexibility index (Phi) is 5.71. The van der Waals surface area contributed by atoms with Gasteiger partial charge in [-0.1, -0.05) is 0 Å². The number of hydrogen-bond donors (Lipinski definition) is 2. The number of amides is 1. The van der Waals surface area contributed by atoms with Crippen LogP contribution in [0.15, 0.2) is 0 Å². The Morgan fingerprint density at radius 2 is 2.11 bits per heavy atom. The van der Waals surface area contributed by atoms with Crippen molar-refractivity contribution in [2.45, 2.75) is 57.4 Å². The van der Waals surface area contributed by atoms with Crippen molar-refractivity contribution in [3.05, 3.63) is 0 Å². The summed E-state index contributed by atoms with van der Waals surface area (Å²) in [7, 11) is 0. The monoisotopic (exact) mass is 287 g/mol. The normalized spacial score (nSPS) is 22.0. The van der Waals surface area contributed by atoms with Gasteiger partial charge in [-0.15, -0.1) is 0 Å². The molecule has 0 radical (unpaired) electrons. The number of nitrogens with one attached hydrogen (secondary N) is 1. The minimum atomic E-state index is -0.173. The molecule has 1 rings (SSSR count). The summed E-state index contributed by atoms with van der Waals surface area (Å²) in [6, 6.07) is 0.155. The van der Waals surface area contributed by atoms with E-state index in [1.54, 1.807) is 0 Å². The van der Waals surface area contributed by atoms with Crippen molar-refractivity contribution >= 4 is 17.7 Å². The number of carbonyl (C=O) groups is 1. The summed E-state index contributed by atoms with van der Waals surface area (Å²) in [6.07, 6.45) is 0.495. The molecule has 0 aromatic rings. The van der Waals surface area contributed by atoms with E-state index in [0.29, 0.717) is 13.0 Å². The number of carbonyl (C=O) groups excluding carboxylic acids is 1. The standard InChI is InChI=1S/C14H29N3OS/c1-13(2,3)16-12(18)8-11(9-15)17-6-7-19-14(4,5)10-17/h11H,6-10,15H2,1-5H3,(H,16,18). The van der Waals surface area contributed by atoms with Gasteiger partial charge >= 0.3 is 0 Å². The van der Waals surface area contributed by atoms with Gasteiger partial charge in [-0.2, -0.15) is 11.8 Å². The molecule has 5 heteroatoms. The SMILES string of the molecule is CC(C)(C)NC(=O)CC(CN)N1CCSC(C)(C)C1. The third-order valence-electron chi connectivity index (χ3n) is 3.18. The van der Waals surface area contributed by atoms with Crippen LogP contribution in [0.2, 0.25) is 0 Å².